The molecule has 0 bridgehead atoms. The van der Waals surface area contributed by atoms with Crippen LogP contribution in [0.3, 0.4) is 0 Å². The number of fused-ring (bicyclic) bond motifs is 1. The zero-order valence-corrected chi connectivity index (χ0v) is 16.3. The molecule has 0 aromatic heterocycles. The molecule has 0 aliphatic heterocycles. The van der Waals surface area contributed by atoms with E-state index in [4.69, 9.17) is 26.3 Å². The molecular formula is C22H17ClN2O4. The zero-order chi connectivity index (χ0) is 20.8. The van der Waals surface area contributed by atoms with Gasteiger partial charge in [0.2, 0.25) is 0 Å². The number of anilines is 1. The minimum absolute atomic E-state index is 0.317. The van der Waals surface area contributed by atoms with Crippen LogP contribution < -0.4 is 10.1 Å². The number of para-hydroxylation sites is 1. The van der Waals surface area contributed by atoms with Gasteiger partial charge in [-0.2, -0.15) is 5.26 Å². The highest BCUT2D eigenvalue weighted by Gasteiger charge is 2.19. The maximum Gasteiger partial charge on any atom is 0.344 e. The molecule has 0 saturated carbocycles. The summed E-state index contributed by atoms with van der Waals surface area (Å²) < 4.78 is 10.7. The van der Waals surface area contributed by atoms with Crippen LogP contribution in [0.5, 0.6) is 5.75 Å². The van der Waals surface area contributed by atoms with E-state index in [1.165, 1.54) is 6.92 Å². The second-order valence-corrected chi connectivity index (χ2v) is 6.57. The van der Waals surface area contributed by atoms with Gasteiger partial charge in [-0.3, -0.25) is 4.79 Å². The van der Waals surface area contributed by atoms with Crippen LogP contribution in [0, 0.1) is 11.3 Å². The molecule has 1 amide bonds. The molecule has 1 atom stereocenters. The fourth-order valence-electron chi connectivity index (χ4n) is 2.71. The number of ether oxygens (including phenoxy) is 2. The van der Waals surface area contributed by atoms with Crippen molar-refractivity contribution in [2.75, 3.05) is 11.9 Å². The van der Waals surface area contributed by atoms with E-state index in [2.05, 4.69) is 5.32 Å². The summed E-state index contributed by atoms with van der Waals surface area (Å²) in [6.45, 7) is 1.08. The molecule has 0 unspecified atom stereocenters. The molecule has 0 spiro atoms. The molecule has 3 rings (SSSR count). The molecule has 146 valence electrons. The number of carbonyl (C=O) groups is 2. The van der Waals surface area contributed by atoms with Crippen molar-refractivity contribution in [3.63, 3.8) is 0 Å². The Morgan fingerprint density at radius 1 is 1.07 bits per heavy atom. The molecule has 3 aromatic carbocycles. The first-order chi connectivity index (χ1) is 14.0. The van der Waals surface area contributed by atoms with Gasteiger partial charge in [-0.15, -0.1) is 0 Å². The Morgan fingerprint density at radius 3 is 2.52 bits per heavy atom. The van der Waals surface area contributed by atoms with E-state index in [0.29, 0.717) is 22.0 Å². The lowest BCUT2D eigenvalue weighted by Crippen LogP contribution is -2.31. The Morgan fingerprint density at radius 2 is 1.76 bits per heavy atom. The van der Waals surface area contributed by atoms with Gasteiger partial charge in [0.15, 0.2) is 12.7 Å². The zero-order valence-electron chi connectivity index (χ0n) is 15.5. The highest BCUT2D eigenvalue weighted by atomic mass is 35.5. The van der Waals surface area contributed by atoms with Crippen LogP contribution >= 0.6 is 11.6 Å². The van der Waals surface area contributed by atoms with Crippen molar-refractivity contribution >= 4 is 39.9 Å². The molecular weight excluding hydrogens is 392 g/mol. The summed E-state index contributed by atoms with van der Waals surface area (Å²) in [6.07, 6.45) is -1.06. The summed E-state index contributed by atoms with van der Waals surface area (Å²) in [5.41, 5.74) is 0.670. The van der Waals surface area contributed by atoms with E-state index in [1.54, 1.807) is 36.4 Å². The van der Waals surface area contributed by atoms with Crippen molar-refractivity contribution < 1.29 is 19.1 Å². The first kappa shape index (κ1) is 20.2. The Bertz CT molecular complexity index is 1110. The summed E-state index contributed by atoms with van der Waals surface area (Å²) in [5.74, 6) is -0.750. The molecule has 0 aliphatic carbocycles. The van der Waals surface area contributed by atoms with Crippen molar-refractivity contribution in [1.82, 2.24) is 0 Å². The van der Waals surface area contributed by atoms with Gasteiger partial charge in [-0.1, -0.05) is 48.0 Å². The number of esters is 1. The first-order valence-corrected chi connectivity index (χ1v) is 9.17. The second-order valence-electron chi connectivity index (χ2n) is 6.16. The molecule has 0 fully saturated rings. The van der Waals surface area contributed by atoms with Crippen LogP contribution in [0.15, 0.2) is 60.7 Å². The smallest absolute Gasteiger partial charge is 0.344 e. The third-order valence-corrected chi connectivity index (χ3v) is 4.49. The SMILES string of the molecule is C[C@H](OC(=O)COc1ccc(Cl)c2ccccc12)C(=O)Nc1ccccc1C#N. The third kappa shape index (κ3) is 4.84. The fourth-order valence-corrected chi connectivity index (χ4v) is 2.93. The molecule has 7 heteroatoms. The van der Waals surface area contributed by atoms with Gasteiger partial charge in [0, 0.05) is 15.8 Å². The van der Waals surface area contributed by atoms with Gasteiger partial charge in [0.05, 0.1) is 11.3 Å². The number of hydrogen-bond donors (Lipinski definition) is 1. The van der Waals surface area contributed by atoms with Gasteiger partial charge in [0.1, 0.15) is 11.8 Å². The highest BCUT2D eigenvalue weighted by Crippen LogP contribution is 2.31. The predicted octanol–water partition coefficient (Wildman–Crippen LogP) is 4.31. The van der Waals surface area contributed by atoms with Crippen LogP contribution in [-0.4, -0.2) is 24.6 Å². The normalized spacial score (nSPS) is 11.3. The van der Waals surface area contributed by atoms with Crippen LogP contribution in [0.4, 0.5) is 5.69 Å². The Labute approximate surface area is 172 Å². The number of nitrogens with one attached hydrogen (secondary N) is 1. The minimum Gasteiger partial charge on any atom is -0.481 e. The number of amides is 1. The number of rotatable bonds is 6. The minimum atomic E-state index is -1.06. The molecule has 0 heterocycles. The lowest BCUT2D eigenvalue weighted by molar-refractivity contribution is -0.155. The summed E-state index contributed by atoms with van der Waals surface area (Å²) >= 11 is 6.17. The Kier molecular flexibility index (Phi) is 6.32. The van der Waals surface area contributed by atoms with Gasteiger partial charge in [-0.25, -0.2) is 4.79 Å². The van der Waals surface area contributed by atoms with Crippen LogP contribution in [0.1, 0.15) is 12.5 Å². The summed E-state index contributed by atoms with van der Waals surface area (Å²) in [5, 5.41) is 13.8. The molecule has 29 heavy (non-hydrogen) atoms. The molecule has 0 saturated heterocycles. The molecule has 6 nitrogen and oxygen atoms in total. The van der Waals surface area contributed by atoms with E-state index in [-0.39, 0.29) is 6.61 Å². The van der Waals surface area contributed by atoms with Crippen molar-refractivity contribution in [2.24, 2.45) is 0 Å². The second kappa shape index (κ2) is 9.09. The van der Waals surface area contributed by atoms with E-state index >= 15 is 0 Å². The number of nitriles is 1. The average Bonchev–Trinajstić information content (AvgIpc) is 2.73. The van der Waals surface area contributed by atoms with Gasteiger partial charge in [-0.05, 0) is 31.2 Å². The van der Waals surface area contributed by atoms with E-state index in [9.17, 15) is 9.59 Å². The van der Waals surface area contributed by atoms with Gasteiger partial charge >= 0.3 is 5.97 Å². The van der Waals surface area contributed by atoms with E-state index in [1.807, 2.05) is 30.3 Å². The van der Waals surface area contributed by atoms with Gasteiger partial charge < -0.3 is 14.8 Å². The molecule has 0 radical (unpaired) electrons. The maximum atomic E-state index is 12.2. The van der Waals surface area contributed by atoms with Crippen molar-refractivity contribution in [3.8, 4) is 11.8 Å². The first-order valence-electron chi connectivity index (χ1n) is 8.79. The monoisotopic (exact) mass is 408 g/mol. The average molecular weight is 409 g/mol. The molecule has 0 aliphatic rings. The molecule has 1 N–H and O–H groups in total. The maximum absolute atomic E-state index is 12.2. The van der Waals surface area contributed by atoms with Crippen LogP contribution in [0.2, 0.25) is 5.02 Å². The Balaban J connectivity index is 1.59. The predicted molar refractivity (Wildman–Crippen MR) is 110 cm³/mol. The van der Waals surface area contributed by atoms with Crippen LogP contribution in [-0.2, 0) is 14.3 Å². The number of nitrogens with zero attached hydrogens (tertiary/aromatic N) is 1. The number of halogens is 1. The lowest BCUT2D eigenvalue weighted by Gasteiger charge is -2.15. The van der Waals surface area contributed by atoms with E-state index in [0.717, 1.165) is 10.8 Å². The summed E-state index contributed by atoms with van der Waals surface area (Å²) in [4.78, 5) is 24.4. The highest BCUT2D eigenvalue weighted by molar-refractivity contribution is 6.35. The third-order valence-electron chi connectivity index (χ3n) is 4.16. The van der Waals surface area contributed by atoms with Crippen molar-refractivity contribution in [3.05, 3.63) is 71.2 Å². The number of hydrogen-bond acceptors (Lipinski definition) is 5. The van der Waals surface area contributed by atoms with Crippen LogP contribution in [0.25, 0.3) is 10.8 Å². The Hall–Kier alpha value is -3.56. The number of carbonyl (C=O) groups excluding carboxylic acids is 2. The topological polar surface area (TPSA) is 88.4 Å². The fraction of sp³-hybridized carbons (Fsp3) is 0.136. The van der Waals surface area contributed by atoms with Crippen molar-refractivity contribution in [2.45, 2.75) is 13.0 Å². The van der Waals surface area contributed by atoms with E-state index < -0.39 is 18.0 Å². The lowest BCUT2D eigenvalue weighted by atomic mass is 10.1. The molecule has 3 aromatic rings. The number of benzene rings is 3. The largest absolute Gasteiger partial charge is 0.481 e. The standard InChI is InChI=1S/C22H17ClN2O4/c1-14(22(27)25-19-9-5-2-6-15(19)12-24)29-21(26)13-28-20-11-10-18(23)16-7-3-4-8-17(16)20/h2-11,14H,13H2,1H3,(H,25,27)/t14-/m0/s1. The summed E-state index contributed by atoms with van der Waals surface area (Å²) in [7, 11) is 0. The summed E-state index contributed by atoms with van der Waals surface area (Å²) in [6, 6.07) is 19.3. The van der Waals surface area contributed by atoms with Gasteiger partial charge in [0.25, 0.3) is 5.91 Å². The van der Waals surface area contributed by atoms with Crippen molar-refractivity contribution in [1.29, 1.82) is 5.26 Å². The quantitative estimate of drug-likeness (QED) is 0.614.